The van der Waals surface area contributed by atoms with Crippen LogP contribution in [0.2, 0.25) is 0 Å². The number of carbonyl (C=O) groups excluding carboxylic acids is 1. The summed E-state index contributed by atoms with van der Waals surface area (Å²) in [5.41, 5.74) is 1.58. The SMILES string of the molecule is O=C(c1ccc(OC(F)(F)F)cc1)N1CCc2cc(S(=O)(=O)N3CCCCC3)ccc21. The van der Waals surface area contributed by atoms with Crippen molar-refractivity contribution in [3.05, 3.63) is 53.6 Å². The van der Waals surface area contributed by atoms with Crippen LogP contribution in [0.1, 0.15) is 35.2 Å². The van der Waals surface area contributed by atoms with Gasteiger partial charge in [0.15, 0.2) is 0 Å². The average Bonchev–Trinajstić information content (AvgIpc) is 3.16. The number of anilines is 1. The highest BCUT2D eigenvalue weighted by atomic mass is 32.2. The number of sulfonamides is 1. The molecule has 0 N–H and O–H groups in total. The lowest BCUT2D eigenvalue weighted by Crippen LogP contribution is -2.35. The molecule has 10 heteroatoms. The molecule has 0 atom stereocenters. The minimum absolute atomic E-state index is 0.215. The van der Waals surface area contributed by atoms with Gasteiger partial charge in [-0.25, -0.2) is 8.42 Å². The van der Waals surface area contributed by atoms with Gasteiger partial charge in [-0.15, -0.1) is 13.2 Å². The summed E-state index contributed by atoms with van der Waals surface area (Å²) >= 11 is 0. The third kappa shape index (κ3) is 4.54. The molecule has 0 saturated carbocycles. The second-order valence-electron chi connectivity index (χ2n) is 7.53. The van der Waals surface area contributed by atoms with Crippen LogP contribution < -0.4 is 9.64 Å². The fourth-order valence-corrected chi connectivity index (χ4v) is 5.53. The van der Waals surface area contributed by atoms with E-state index in [-0.39, 0.29) is 16.4 Å². The summed E-state index contributed by atoms with van der Waals surface area (Å²) in [6.07, 6.45) is -1.58. The van der Waals surface area contributed by atoms with Crippen LogP contribution >= 0.6 is 0 Å². The molecule has 2 aromatic rings. The lowest BCUT2D eigenvalue weighted by molar-refractivity contribution is -0.274. The van der Waals surface area contributed by atoms with Crippen molar-refractivity contribution in [1.29, 1.82) is 0 Å². The number of piperidine rings is 1. The van der Waals surface area contributed by atoms with E-state index < -0.39 is 22.1 Å². The Morgan fingerprint density at radius 3 is 2.26 bits per heavy atom. The number of ether oxygens (including phenoxy) is 1. The van der Waals surface area contributed by atoms with Gasteiger partial charge in [-0.2, -0.15) is 4.31 Å². The van der Waals surface area contributed by atoms with Crippen molar-refractivity contribution < 1.29 is 31.1 Å². The Hall–Kier alpha value is -2.59. The van der Waals surface area contributed by atoms with E-state index in [1.54, 1.807) is 12.1 Å². The van der Waals surface area contributed by atoms with E-state index in [0.29, 0.717) is 31.7 Å². The first-order valence-corrected chi connectivity index (χ1v) is 11.4. The molecule has 6 nitrogen and oxygen atoms in total. The first-order valence-electron chi connectivity index (χ1n) is 9.96. The van der Waals surface area contributed by atoms with Gasteiger partial charge in [0.05, 0.1) is 4.90 Å². The topological polar surface area (TPSA) is 66.9 Å². The highest BCUT2D eigenvalue weighted by molar-refractivity contribution is 7.89. The van der Waals surface area contributed by atoms with Gasteiger partial charge in [0, 0.05) is 30.9 Å². The summed E-state index contributed by atoms with van der Waals surface area (Å²) in [6, 6.07) is 9.48. The Bertz CT molecular complexity index is 1080. The number of alkyl halides is 3. The number of benzene rings is 2. The van der Waals surface area contributed by atoms with E-state index in [0.717, 1.165) is 37.0 Å². The number of fused-ring (bicyclic) bond motifs is 1. The van der Waals surface area contributed by atoms with Crippen molar-refractivity contribution >= 4 is 21.6 Å². The first-order chi connectivity index (χ1) is 14.6. The molecule has 0 aromatic heterocycles. The Balaban J connectivity index is 1.53. The smallest absolute Gasteiger partial charge is 0.406 e. The summed E-state index contributed by atoms with van der Waals surface area (Å²) in [4.78, 5) is 14.6. The Morgan fingerprint density at radius 2 is 1.61 bits per heavy atom. The predicted octanol–water partition coefficient (Wildman–Crippen LogP) is 3.96. The number of nitrogens with zero attached hydrogens (tertiary/aromatic N) is 2. The van der Waals surface area contributed by atoms with Gasteiger partial charge < -0.3 is 9.64 Å². The van der Waals surface area contributed by atoms with Crippen LogP contribution in [-0.4, -0.2) is 44.6 Å². The number of amides is 1. The molecule has 0 unspecified atom stereocenters. The van der Waals surface area contributed by atoms with Crippen LogP contribution in [0.25, 0.3) is 0 Å². The maximum absolute atomic E-state index is 12.9. The fourth-order valence-electron chi connectivity index (χ4n) is 3.96. The number of halogens is 3. The summed E-state index contributed by atoms with van der Waals surface area (Å²) in [7, 11) is -3.57. The number of hydrogen-bond acceptors (Lipinski definition) is 4. The normalized spacial score (nSPS) is 17.5. The minimum Gasteiger partial charge on any atom is -0.406 e. The maximum Gasteiger partial charge on any atom is 0.573 e. The molecule has 31 heavy (non-hydrogen) atoms. The summed E-state index contributed by atoms with van der Waals surface area (Å²) in [5.74, 6) is -0.776. The first kappa shape index (κ1) is 21.6. The molecule has 0 aliphatic carbocycles. The molecule has 0 spiro atoms. The second-order valence-corrected chi connectivity index (χ2v) is 9.47. The van der Waals surface area contributed by atoms with Crippen LogP contribution in [-0.2, 0) is 16.4 Å². The van der Waals surface area contributed by atoms with Gasteiger partial charge in [0.2, 0.25) is 10.0 Å². The predicted molar refractivity (Wildman–Crippen MR) is 108 cm³/mol. The third-order valence-corrected chi connectivity index (χ3v) is 7.37. The zero-order valence-electron chi connectivity index (χ0n) is 16.6. The minimum atomic E-state index is -4.80. The van der Waals surface area contributed by atoms with Gasteiger partial charge >= 0.3 is 6.36 Å². The summed E-state index contributed by atoms with van der Waals surface area (Å²) in [6.45, 7) is 1.39. The van der Waals surface area contributed by atoms with Gasteiger partial charge in [-0.05, 0) is 67.3 Å². The van der Waals surface area contributed by atoms with E-state index in [2.05, 4.69) is 4.74 Å². The largest absolute Gasteiger partial charge is 0.573 e. The van der Waals surface area contributed by atoms with Crippen LogP contribution in [0.5, 0.6) is 5.75 Å². The highest BCUT2D eigenvalue weighted by Gasteiger charge is 2.32. The van der Waals surface area contributed by atoms with Crippen molar-refractivity contribution in [1.82, 2.24) is 4.31 Å². The molecule has 166 valence electrons. The summed E-state index contributed by atoms with van der Waals surface area (Å²) in [5, 5.41) is 0. The molecule has 1 amide bonds. The quantitative estimate of drug-likeness (QED) is 0.702. The molecule has 2 heterocycles. The molecule has 1 saturated heterocycles. The third-order valence-electron chi connectivity index (χ3n) is 5.48. The number of carbonyl (C=O) groups is 1. The van der Waals surface area contributed by atoms with E-state index >= 15 is 0 Å². The van der Waals surface area contributed by atoms with E-state index in [1.165, 1.54) is 27.4 Å². The van der Waals surface area contributed by atoms with E-state index in [1.807, 2.05) is 0 Å². The van der Waals surface area contributed by atoms with Gasteiger partial charge in [0.25, 0.3) is 5.91 Å². The lowest BCUT2D eigenvalue weighted by Gasteiger charge is -2.26. The van der Waals surface area contributed by atoms with Crippen LogP contribution in [0.3, 0.4) is 0 Å². The van der Waals surface area contributed by atoms with Gasteiger partial charge in [-0.3, -0.25) is 4.79 Å². The molecule has 2 aliphatic rings. The summed E-state index contributed by atoms with van der Waals surface area (Å²) < 4.78 is 68.1. The second kappa shape index (κ2) is 8.16. The number of hydrogen-bond donors (Lipinski definition) is 0. The van der Waals surface area contributed by atoms with Crippen molar-refractivity contribution in [3.63, 3.8) is 0 Å². The van der Waals surface area contributed by atoms with Crippen molar-refractivity contribution in [3.8, 4) is 5.75 Å². The van der Waals surface area contributed by atoms with Crippen LogP contribution in [0.4, 0.5) is 18.9 Å². The van der Waals surface area contributed by atoms with Crippen molar-refractivity contribution in [2.24, 2.45) is 0 Å². The molecule has 2 aliphatic heterocycles. The van der Waals surface area contributed by atoms with Crippen molar-refractivity contribution in [2.75, 3.05) is 24.5 Å². The Labute approximate surface area is 178 Å². The standard InChI is InChI=1S/C21H21F3N2O4S/c22-21(23,24)30-17-6-4-15(5-7-17)20(27)26-13-10-16-14-18(8-9-19(16)26)31(28,29)25-11-2-1-3-12-25/h4-9,14H,1-3,10-13H2. The zero-order valence-corrected chi connectivity index (χ0v) is 17.4. The lowest BCUT2D eigenvalue weighted by atomic mass is 10.1. The number of rotatable bonds is 4. The maximum atomic E-state index is 12.9. The molecule has 0 radical (unpaired) electrons. The molecule has 4 rings (SSSR count). The van der Waals surface area contributed by atoms with Crippen LogP contribution in [0.15, 0.2) is 47.4 Å². The molecular formula is C21H21F3N2O4S. The van der Waals surface area contributed by atoms with Gasteiger partial charge in [-0.1, -0.05) is 6.42 Å². The zero-order chi connectivity index (χ0) is 22.2. The van der Waals surface area contributed by atoms with Crippen molar-refractivity contribution in [2.45, 2.75) is 36.9 Å². The Kier molecular flexibility index (Phi) is 5.69. The van der Waals surface area contributed by atoms with Gasteiger partial charge in [0.1, 0.15) is 5.75 Å². The molecule has 1 fully saturated rings. The Morgan fingerprint density at radius 1 is 0.935 bits per heavy atom. The molecule has 0 bridgehead atoms. The van der Waals surface area contributed by atoms with E-state index in [4.69, 9.17) is 0 Å². The highest BCUT2D eigenvalue weighted by Crippen LogP contribution is 2.33. The average molecular weight is 454 g/mol. The van der Waals surface area contributed by atoms with Crippen LogP contribution in [0, 0.1) is 0 Å². The molecule has 2 aromatic carbocycles. The van der Waals surface area contributed by atoms with E-state index in [9.17, 15) is 26.4 Å². The molecular weight excluding hydrogens is 433 g/mol. The monoisotopic (exact) mass is 454 g/mol. The fraction of sp³-hybridized carbons (Fsp3) is 0.381.